The topological polar surface area (TPSA) is 34.4 Å². The molecule has 4 aromatic rings. The number of hydrogen-bond acceptors (Lipinski definition) is 2. The van der Waals surface area contributed by atoms with Crippen molar-refractivity contribution < 1.29 is 4.79 Å². The van der Waals surface area contributed by atoms with Crippen LogP contribution in [0.15, 0.2) is 83.9 Å². The summed E-state index contributed by atoms with van der Waals surface area (Å²) < 4.78 is 2.94. The molecule has 0 N–H and O–H groups in total. The molecule has 0 aliphatic carbocycles. The Morgan fingerprint density at radius 2 is 1.56 bits per heavy atom. The van der Waals surface area contributed by atoms with E-state index in [4.69, 9.17) is 11.6 Å². The number of halogens is 1. The molecule has 0 saturated heterocycles. The molecule has 0 radical (unpaired) electrons. The van der Waals surface area contributed by atoms with Gasteiger partial charge in [0.05, 0.1) is 16.1 Å². The first-order valence-electron chi connectivity index (χ1n) is 8.57. The smallest absolute Gasteiger partial charge is 0.260 e. The van der Waals surface area contributed by atoms with Crippen molar-refractivity contribution in [2.75, 3.05) is 0 Å². The highest BCUT2D eigenvalue weighted by atomic mass is 35.5. The highest BCUT2D eigenvalue weighted by Crippen LogP contribution is 2.26. The Morgan fingerprint density at radius 1 is 0.963 bits per heavy atom. The minimum Gasteiger partial charge on any atom is -0.319 e. The molecule has 0 aliphatic rings. The van der Waals surface area contributed by atoms with Crippen molar-refractivity contribution in [2.24, 2.45) is 12.0 Å². The fraction of sp³-hybridized carbons (Fsp3) is 0.0909. The first kappa shape index (κ1) is 17.7. The predicted molar refractivity (Wildman–Crippen MR) is 111 cm³/mol. The number of nitrogens with zero attached hydrogens (tertiary/aromatic N) is 2. The van der Waals surface area contributed by atoms with Crippen LogP contribution in [0, 0.1) is 0 Å². The van der Waals surface area contributed by atoms with Crippen LogP contribution in [0.3, 0.4) is 0 Å². The maximum Gasteiger partial charge on any atom is 0.260 e. The van der Waals surface area contributed by atoms with Gasteiger partial charge in [0.15, 0.2) is 4.80 Å². The predicted octanol–water partition coefficient (Wildman–Crippen LogP) is 5.15. The van der Waals surface area contributed by atoms with E-state index in [0.717, 1.165) is 21.3 Å². The van der Waals surface area contributed by atoms with Crippen molar-refractivity contribution in [3.8, 4) is 0 Å². The third kappa shape index (κ3) is 3.59. The van der Waals surface area contributed by atoms with Crippen LogP contribution >= 0.6 is 22.9 Å². The summed E-state index contributed by atoms with van der Waals surface area (Å²) in [5.74, 6) is -0.609. The molecule has 0 bridgehead atoms. The Bertz CT molecular complexity index is 1120. The molecule has 0 spiro atoms. The molecule has 4 rings (SSSR count). The van der Waals surface area contributed by atoms with Gasteiger partial charge in [-0.2, -0.15) is 4.99 Å². The lowest BCUT2D eigenvalue weighted by Gasteiger charge is -2.14. The van der Waals surface area contributed by atoms with Crippen molar-refractivity contribution in [3.05, 3.63) is 99.8 Å². The first-order chi connectivity index (χ1) is 13.1. The van der Waals surface area contributed by atoms with E-state index in [1.165, 1.54) is 11.3 Å². The molecule has 0 saturated carbocycles. The molecule has 5 heteroatoms. The van der Waals surface area contributed by atoms with Crippen LogP contribution in [0.5, 0.6) is 0 Å². The molecule has 3 nitrogen and oxygen atoms in total. The van der Waals surface area contributed by atoms with E-state index in [2.05, 4.69) is 4.99 Å². The minimum atomic E-state index is -0.429. The van der Waals surface area contributed by atoms with E-state index >= 15 is 0 Å². The standard InChI is InChI=1S/C22H17ClN2OS/c1-25-18-13-12-17(23)14-19(18)27-22(25)24-21(26)20(15-8-4-2-5-9-15)16-10-6-3-7-11-16/h2-14,20H,1H3. The number of fused-ring (bicyclic) bond motifs is 1. The van der Waals surface area contributed by atoms with E-state index < -0.39 is 5.92 Å². The third-order valence-corrected chi connectivity index (χ3v) is 5.82. The lowest BCUT2D eigenvalue weighted by atomic mass is 9.91. The summed E-state index contributed by atoms with van der Waals surface area (Å²) >= 11 is 7.56. The van der Waals surface area contributed by atoms with E-state index in [1.54, 1.807) is 0 Å². The number of benzene rings is 3. The first-order valence-corrected chi connectivity index (χ1v) is 9.76. The van der Waals surface area contributed by atoms with Gasteiger partial charge in [0.1, 0.15) is 0 Å². The van der Waals surface area contributed by atoms with Crippen LogP contribution in [0.1, 0.15) is 17.0 Å². The van der Waals surface area contributed by atoms with Crippen molar-refractivity contribution >= 4 is 39.1 Å². The molecular formula is C22H17ClN2OS. The van der Waals surface area contributed by atoms with E-state index in [0.29, 0.717) is 9.82 Å². The van der Waals surface area contributed by atoms with Crippen LogP contribution < -0.4 is 4.80 Å². The Hall–Kier alpha value is -2.69. The zero-order valence-corrected chi connectivity index (χ0v) is 16.2. The Morgan fingerprint density at radius 3 is 2.15 bits per heavy atom. The second kappa shape index (κ2) is 7.51. The van der Waals surface area contributed by atoms with Gasteiger partial charge in [-0.3, -0.25) is 4.79 Å². The molecule has 0 atom stereocenters. The van der Waals surface area contributed by atoms with Gasteiger partial charge in [0, 0.05) is 12.1 Å². The SMILES string of the molecule is Cn1c(=NC(=O)C(c2ccccc2)c2ccccc2)sc2cc(Cl)ccc21. The van der Waals surface area contributed by atoms with Crippen molar-refractivity contribution in [2.45, 2.75) is 5.92 Å². The number of aryl methyl sites for hydroxylation is 1. The molecule has 0 aliphatic heterocycles. The van der Waals surface area contributed by atoms with Crippen LogP contribution in [0.4, 0.5) is 0 Å². The summed E-state index contributed by atoms with van der Waals surface area (Å²) in [6.45, 7) is 0. The third-order valence-electron chi connectivity index (χ3n) is 4.49. The lowest BCUT2D eigenvalue weighted by molar-refractivity contribution is -0.118. The van der Waals surface area contributed by atoms with Crippen LogP contribution in [-0.2, 0) is 11.8 Å². The maximum atomic E-state index is 13.2. The lowest BCUT2D eigenvalue weighted by Crippen LogP contribution is -2.18. The highest BCUT2D eigenvalue weighted by Gasteiger charge is 2.22. The van der Waals surface area contributed by atoms with Crippen molar-refractivity contribution in [1.82, 2.24) is 4.57 Å². The molecule has 1 amide bonds. The summed E-state index contributed by atoms with van der Waals surface area (Å²) in [4.78, 5) is 18.3. The molecule has 3 aromatic carbocycles. The number of aromatic nitrogens is 1. The number of carbonyl (C=O) groups excluding carboxylic acids is 1. The van der Waals surface area contributed by atoms with Crippen molar-refractivity contribution in [1.29, 1.82) is 0 Å². The quantitative estimate of drug-likeness (QED) is 0.474. The highest BCUT2D eigenvalue weighted by molar-refractivity contribution is 7.16. The molecule has 134 valence electrons. The number of thiazole rings is 1. The van der Waals surface area contributed by atoms with Crippen LogP contribution in [0.2, 0.25) is 5.02 Å². The molecular weight excluding hydrogens is 376 g/mol. The number of carbonyl (C=O) groups is 1. The summed E-state index contributed by atoms with van der Waals surface area (Å²) in [7, 11) is 1.92. The fourth-order valence-corrected chi connectivity index (χ4v) is 4.44. The fourth-order valence-electron chi connectivity index (χ4n) is 3.14. The average molecular weight is 393 g/mol. The van der Waals surface area contributed by atoms with Gasteiger partial charge >= 0.3 is 0 Å². The molecule has 1 aromatic heterocycles. The summed E-state index contributed by atoms with van der Waals surface area (Å²) in [6, 6.07) is 25.2. The Labute approximate surface area is 166 Å². The normalized spacial score (nSPS) is 12.0. The second-order valence-corrected chi connectivity index (χ2v) is 7.71. The van der Waals surface area contributed by atoms with E-state index in [1.807, 2.05) is 90.5 Å². The van der Waals surface area contributed by atoms with Gasteiger partial charge in [-0.15, -0.1) is 0 Å². The van der Waals surface area contributed by atoms with Gasteiger partial charge in [-0.1, -0.05) is 83.6 Å². The van der Waals surface area contributed by atoms with Crippen LogP contribution in [-0.4, -0.2) is 10.5 Å². The zero-order chi connectivity index (χ0) is 18.8. The molecule has 1 heterocycles. The van der Waals surface area contributed by atoms with E-state index in [9.17, 15) is 4.79 Å². The molecule has 0 fully saturated rings. The maximum absolute atomic E-state index is 13.2. The Kier molecular flexibility index (Phi) is 4.92. The zero-order valence-electron chi connectivity index (χ0n) is 14.7. The largest absolute Gasteiger partial charge is 0.319 e. The molecule has 0 unspecified atom stereocenters. The number of amides is 1. The second-order valence-electron chi connectivity index (χ2n) is 6.26. The average Bonchev–Trinajstić information content (AvgIpc) is 2.98. The number of rotatable bonds is 3. The Balaban J connectivity index is 1.83. The van der Waals surface area contributed by atoms with Gasteiger partial charge in [-0.05, 0) is 29.3 Å². The monoisotopic (exact) mass is 392 g/mol. The number of hydrogen-bond donors (Lipinski definition) is 0. The minimum absolute atomic E-state index is 0.180. The summed E-state index contributed by atoms with van der Waals surface area (Å²) in [5.41, 5.74) is 2.88. The van der Waals surface area contributed by atoms with Gasteiger partial charge < -0.3 is 4.57 Å². The molecule has 27 heavy (non-hydrogen) atoms. The summed E-state index contributed by atoms with van der Waals surface area (Å²) in [6.07, 6.45) is 0. The van der Waals surface area contributed by atoms with Gasteiger partial charge in [0.2, 0.25) is 0 Å². The van der Waals surface area contributed by atoms with Gasteiger partial charge in [0.25, 0.3) is 5.91 Å². The summed E-state index contributed by atoms with van der Waals surface area (Å²) in [5, 5.41) is 0.675. The van der Waals surface area contributed by atoms with Gasteiger partial charge in [-0.25, -0.2) is 0 Å². The van der Waals surface area contributed by atoms with E-state index in [-0.39, 0.29) is 5.91 Å². The van der Waals surface area contributed by atoms with Crippen LogP contribution in [0.25, 0.3) is 10.2 Å². The van der Waals surface area contributed by atoms with Crippen molar-refractivity contribution in [3.63, 3.8) is 0 Å².